The van der Waals surface area contributed by atoms with E-state index in [-0.39, 0.29) is 11.3 Å². The number of sulfonamides is 1. The molecule has 0 heterocycles. The van der Waals surface area contributed by atoms with Crippen molar-refractivity contribution in [1.29, 1.82) is 0 Å². The minimum Gasteiger partial charge on any atom is -0.451 e. The summed E-state index contributed by atoms with van der Waals surface area (Å²) in [5.41, 5.74) is 5.05. The molecule has 0 saturated heterocycles. The fourth-order valence-electron chi connectivity index (χ4n) is 1.64. The molecule has 1 aromatic rings. The minimum atomic E-state index is -3.94. The topological polar surface area (TPSA) is 116 Å². The van der Waals surface area contributed by atoms with Gasteiger partial charge in [-0.2, -0.15) is 16.5 Å². The molecule has 10 heteroatoms. The smallest absolute Gasteiger partial charge is 0.324 e. The summed E-state index contributed by atoms with van der Waals surface area (Å²) in [4.78, 5) is 23.1. The zero-order chi connectivity index (χ0) is 18.3. The van der Waals surface area contributed by atoms with Crippen molar-refractivity contribution in [3.05, 3.63) is 29.3 Å². The number of benzene rings is 1. The van der Waals surface area contributed by atoms with Gasteiger partial charge in [-0.05, 0) is 49.6 Å². The van der Waals surface area contributed by atoms with E-state index in [1.165, 1.54) is 43.0 Å². The van der Waals surface area contributed by atoms with Crippen LogP contribution in [0.5, 0.6) is 0 Å². The maximum atomic E-state index is 12.4. The molecule has 0 fully saturated rings. The molecule has 0 spiro atoms. The van der Waals surface area contributed by atoms with E-state index in [0.717, 1.165) is 0 Å². The lowest BCUT2D eigenvalue weighted by molar-refractivity contribution is -0.155. The summed E-state index contributed by atoms with van der Waals surface area (Å²) in [6.45, 7) is 1.32. The molecule has 1 aromatic carbocycles. The fourth-order valence-corrected chi connectivity index (χ4v) is 3.46. The van der Waals surface area contributed by atoms with Crippen molar-refractivity contribution >= 4 is 45.3 Å². The molecule has 1 rings (SSSR count). The Morgan fingerprint density at radius 1 is 1.33 bits per heavy atom. The number of hydrogen-bond donors (Lipinski definition) is 2. The van der Waals surface area contributed by atoms with Gasteiger partial charge in [0.05, 0.1) is 4.90 Å². The largest absolute Gasteiger partial charge is 0.451 e. The molecule has 1 amide bonds. The van der Waals surface area contributed by atoms with E-state index in [9.17, 15) is 18.0 Å². The van der Waals surface area contributed by atoms with Crippen molar-refractivity contribution in [2.24, 2.45) is 5.73 Å². The zero-order valence-electron chi connectivity index (χ0n) is 13.2. The third-order valence-corrected chi connectivity index (χ3v) is 5.39. The van der Waals surface area contributed by atoms with Gasteiger partial charge in [0.25, 0.3) is 5.91 Å². The fraction of sp³-hybridized carbons (Fsp3) is 0.429. The summed E-state index contributed by atoms with van der Waals surface area (Å²) in [5, 5.41) is 0.391. The van der Waals surface area contributed by atoms with E-state index in [1.54, 1.807) is 0 Å². The van der Waals surface area contributed by atoms with E-state index in [4.69, 9.17) is 22.1 Å². The van der Waals surface area contributed by atoms with Gasteiger partial charge in [-0.1, -0.05) is 11.6 Å². The number of thioether (sulfide) groups is 1. The van der Waals surface area contributed by atoms with Crippen LogP contribution in [0.4, 0.5) is 0 Å². The maximum absolute atomic E-state index is 12.4. The number of carbonyl (C=O) groups excluding carboxylic acids is 2. The lowest BCUT2D eigenvalue weighted by Crippen LogP contribution is -2.44. The molecular formula is C14H19ClN2O5S2. The van der Waals surface area contributed by atoms with Crippen molar-refractivity contribution in [2.75, 3.05) is 12.0 Å². The van der Waals surface area contributed by atoms with Crippen LogP contribution in [-0.2, 0) is 24.3 Å². The Kier molecular flexibility index (Phi) is 8.01. The standard InChI is InChI=1S/C14H19ClN2O5S2/c1-9(13(16)18)22-14(19)12(7-8-23-2)17-24(20,21)11-5-3-10(15)4-6-11/h3-6,9,12,17H,7-8H2,1-2H3,(H2,16,18)/t9-,12+/m1/s1. The second-order valence-corrected chi connectivity index (χ2v) is 8.03. The van der Waals surface area contributed by atoms with Gasteiger partial charge in [-0.3, -0.25) is 9.59 Å². The van der Waals surface area contributed by atoms with Crippen LogP contribution >= 0.6 is 23.4 Å². The highest BCUT2D eigenvalue weighted by atomic mass is 35.5. The predicted molar refractivity (Wildman–Crippen MR) is 93.3 cm³/mol. The third-order valence-electron chi connectivity index (χ3n) is 3.01. The molecule has 0 radical (unpaired) electrons. The van der Waals surface area contributed by atoms with Gasteiger partial charge in [-0.15, -0.1) is 0 Å². The van der Waals surface area contributed by atoms with Crippen LogP contribution in [0.3, 0.4) is 0 Å². The second kappa shape index (κ2) is 9.26. The van der Waals surface area contributed by atoms with Crippen LogP contribution in [0.15, 0.2) is 29.2 Å². The number of rotatable bonds is 9. The SMILES string of the molecule is CSCC[C@H](NS(=O)(=O)c1ccc(Cl)cc1)C(=O)O[C@H](C)C(N)=O. The molecule has 0 aliphatic carbocycles. The third kappa shape index (κ3) is 6.31. The van der Waals surface area contributed by atoms with Gasteiger partial charge in [0.2, 0.25) is 10.0 Å². The van der Waals surface area contributed by atoms with Crippen LogP contribution in [-0.4, -0.2) is 44.4 Å². The molecule has 0 aliphatic heterocycles. The lowest BCUT2D eigenvalue weighted by Gasteiger charge is -2.19. The highest BCUT2D eigenvalue weighted by molar-refractivity contribution is 7.98. The van der Waals surface area contributed by atoms with Gasteiger partial charge in [0, 0.05) is 5.02 Å². The molecule has 0 aliphatic rings. The van der Waals surface area contributed by atoms with Gasteiger partial charge in [0.1, 0.15) is 6.04 Å². The second-order valence-electron chi connectivity index (χ2n) is 4.89. The minimum absolute atomic E-state index is 0.0307. The average Bonchev–Trinajstić information content (AvgIpc) is 2.51. The predicted octanol–water partition coefficient (Wildman–Crippen LogP) is 1.16. The molecule has 0 unspecified atom stereocenters. The first kappa shape index (κ1) is 20.8. The lowest BCUT2D eigenvalue weighted by atomic mass is 10.2. The molecule has 7 nitrogen and oxygen atoms in total. The summed E-state index contributed by atoms with van der Waals surface area (Å²) in [7, 11) is -3.94. The van der Waals surface area contributed by atoms with Crippen LogP contribution in [0.2, 0.25) is 5.02 Å². The van der Waals surface area contributed by atoms with Crippen LogP contribution in [0.25, 0.3) is 0 Å². The number of amides is 1. The number of nitrogens with one attached hydrogen (secondary N) is 1. The Balaban J connectivity index is 2.93. The number of carbonyl (C=O) groups is 2. The van der Waals surface area contributed by atoms with Gasteiger partial charge >= 0.3 is 5.97 Å². The van der Waals surface area contributed by atoms with Gasteiger partial charge < -0.3 is 10.5 Å². The summed E-state index contributed by atoms with van der Waals surface area (Å²) in [5.74, 6) is -1.14. The molecule has 0 bridgehead atoms. The first-order chi connectivity index (χ1) is 11.2. The average molecular weight is 395 g/mol. The van der Waals surface area contributed by atoms with Crippen LogP contribution in [0.1, 0.15) is 13.3 Å². The number of hydrogen-bond acceptors (Lipinski definition) is 6. The molecule has 0 saturated carbocycles. The van der Waals surface area contributed by atoms with Gasteiger partial charge in [0.15, 0.2) is 6.10 Å². The zero-order valence-corrected chi connectivity index (χ0v) is 15.6. The quantitative estimate of drug-likeness (QED) is 0.607. The Morgan fingerprint density at radius 2 is 1.92 bits per heavy atom. The Hall–Kier alpha value is -1.29. The Morgan fingerprint density at radius 3 is 2.42 bits per heavy atom. The van der Waals surface area contributed by atoms with E-state index in [0.29, 0.717) is 10.8 Å². The summed E-state index contributed by atoms with van der Waals surface area (Å²) in [6, 6.07) is 4.39. The monoisotopic (exact) mass is 394 g/mol. The summed E-state index contributed by atoms with van der Waals surface area (Å²) < 4.78 is 32.0. The van der Waals surface area contributed by atoms with Crippen LogP contribution in [0, 0.1) is 0 Å². The van der Waals surface area contributed by atoms with E-state index in [1.807, 2.05) is 6.26 Å². The highest BCUT2D eigenvalue weighted by Gasteiger charge is 2.28. The first-order valence-electron chi connectivity index (χ1n) is 6.94. The molecule has 134 valence electrons. The van der Waals surface area contributed by atoms with Crippen molar-refractivity contribution in [3.63, 3.8) is 0 Å². The molecular weight excluding hydrogens is 376 g/mol. The number of halogens is 1. The Labute approximate surface area is 150 Å². The van der Waals surface area contributed by atoms with E-state index in [2.05, 4.69) is 4.72 Å². The number of ether oxygens (including phenoxy) is 1. The highest BCUT2D eigenvalue weighted by Crippen LogP contribution is 2.15. The number of esters is 1. The maximum Gasteiger partial charge on any atom is 0.324 e. The molecule has 0 aromatic heterocycles. The normalized spacial score (nSPS) is 14.0. The van der Waals surface area contributed by atoms with Crippen molar-refractivity contribution in [1.82, 2.24) is 4.72 Å². The summed E-state index contributed by atoms with van der Waals surface area (Å²) >= 11 is 7.18. The molecule has 2 atom stereocenters. The molecule has 3 N–H and O–H groups in total. The van der Waals surface area contributed by atoms with Crippen molar-refractivity contribution in [2.45, 2.75) is 30.4 Å². The van der Waals surface area contributed by atoms with E-state index >= 15 is 0 Å². The van der Waals surface area contributed by atoms with Crippen molar-refractivity contribution < 1.29 is 22.7 Å². The van der Waals surface area contributed by atoms with Crippen LogP contribution < -0.4 is 10.5 Å². The Bertz CT molecular complexity index is 679. The summed E-state index contributed by atoms with van der Waals surface area (Å²) in [6.07, 6.45) is 0.884. The van der Waals surface area contributed by atoms with Crippen molar-refractivity contribution in [3.8, 4) is 0 Å². The van der Waals surface area contributed by atoms with Gasteiger partial charge in [-0.25, -0.2) is 8.42 Å². The molecule has 24 heavy (non-hydrogen) atoms. The van der Waals surface area contributed by atoms with E-state index < -0.39 is 34.0 Å². The number of nitrogens with two attached hydrogens (primary N) is 1. The first-order valence-corrected chi connectivity index (χ1v) is 10.2. The number of primary amides is 1.